The molecule has 0 aliphatic carbocycles. The summed E-state index contributed by atoms with van der Waals surface area (Å²) >= 11 is 12.0. The molecule has 1 amide bonds. The predicted octanol–water partition coefficient (Wildman–Crippen LogP) is 4.24. The number of hydrogen-bond acceptors (Lipinski definition) is 6. The number of halogens is 2. The third-order valence-electron chi connectivity index (χ3n) is 4.53. The molecule has 0 aliphatic heterocycles. The van der Waals surface area contributed by atoms with Gasteiger partial charge in [0.05, 0.1) is 32.6 Å². The number of nitro benzene ring substituents is 1. The minimum Gasteiger partial charge on any atom is -0.272 e. The SMILES string of the molecule is O=C(CN(Cc1ccc(Cl)c(Cl)c1)S(=O)(=O)c1ccccc1)N/N=C\c1cccc([N+](=O)[O-])c1. The zero-order valence-corrected chi connectivity index (χ0v) is 19.8. The van der Waals surface area contributed by atoms with Gasteiger partial charge in [-0.1, -0.05) is 59.6 Å². The molecule has 3 aromatic rings. The highest BCUT2D eigenvalue weighted by atomic mass is 35.5. The van der Waals surface area contributed by atoms with Crippen LogP contribution in [0.4, 0.5) is 5.69 Å². The first-order valence-electron chi connectivity index (χ1n) is 9.72. The van der Waals surface area contributed by atoms with Crippen molar-refractivity contribution in [2.75, 3.05) is 6.54 Å². The van der Waals surface area contributed by atoms with Gasteiger partial charge in [-0.2, -0.15) is 9.41 Å². The van der Waals surface area contributed by atoms with Crippen molar-refractivity contribution in [2.24, 2.45) is 5.10 Å². The van der Waals surface area contributed by atoms with E-state index in [2.05, 4.69) is 10.5 Å². The highest BCUT2D eigenvalue weighted by molar-refractivity contribution is 7.89. The van der Waals surface area contributed by atoms with Crippen LogP contribution in [0, 0.1) is 10.1 Å². The quantitative estimate of drug-likeness (QED) is 0.256. The summed E-state index contributed by atoms with van der Waals surface area (Å²) in [6, 6.07) is 18.0. The number of amides is 1. The molecule has 1 N–H and O–H groups in total. The summed E-state index contributed by atoms with van der Waals surface area (Å²) < 4.78 is 27.4. The third-order valence-corrected chi connectivity index (χ3v) is 7.07. The van der Waals surface area contributed by atoms with Crippen LogP contribution in [0.5, 0.6) is 0 Å². The number of nitrogens with one attached hydrogen (secondary N) is 1. The summed E-state index contributed by atoms with van der Waals surface area (Å²) in [5.41, 5.74) is 3.04. The van der Waals surface area contributed by atoms with Crippen LogP contribution in [-0.4, -0.2) is 36.3 Å². The number of rotatable bonds is 9. The summed E-state index contributed by atoms with van der Waals surface area (Å²) in [5, 5.41) is 15.2. The highest BCUT2D eigenvalue weighted by Gasteiger charge is 2.27. The zero-order valence-electron chi connectivity index (χ0n) is 17.5. The molecule has 0 radical (unpaired) electrons. The van der Waals surface area contributed by atoms with Gasteiger partial charge in [0.25, 0.3) is 11.6 Å². The van der Waals surface area contributed by atoms with Gasteiger partial charge in [0.1, 0.15) is 0 Å². The smallest absolute Gasteiger partial charge is 0.270 e. The van der Waals surface area contributed by atoms with Crippen LogP contribution in [0.3, 0.4) is 0 Å². The van der Waals surface area contributed by atoms with Crippen LogP contribution in [0.1, 0.15) is 11.1 Å². The standard InChI is InChI=1S/C22H18Cl2N4O5S/c23-20-10-9-17(12-21(20)24)14-27(34(32,33)19-7-2-1-3-8-19)15-22(29)26-25-13-16-5-4-6-18(11-16)28(30)31/h1-13H,14-15H2,(H,26,29)/b25-13-. The minimum absolute atomic E-state index is 0.0166. The topological polar surface area (TPSA) is 122 Å². The fourth-order valence-corrected chi connectivity index (χ4v) is 4.63. The molecule has 12 heteroatoms. The second-order valence-electron chi connectivity index (χ2n) is 6.98. The van der Waals surface area contributed by atoms with E-state index in [1.165, 1.54) is 48.7 Å². The van der Waals surface area contributed by atoms with Gasteiger partial charge >= 0.3 is 0 Å². The Labute approximate surface area is 205 Å². The van der Waals surface area contributed by atoms with Crippen LogP contribution < -0.4 is 5.43 Å². The first kappa shape index (κ1) is 25.3. The maximum atomic E-state index is 13.2. The Morgan fingerprint density at radius 2 is 1.76 bits per heavy atom. The van der Waals surface area contributed by atoms with E-state index >= 15 is 0 Å². The van der Waals surface area contributed by atoms with Crippen molar-refractivity contribution in [1.29, 1.82) is 0 Å². The molecule has 3 rings (SSSR count). The molecular formula is C22H18Cl2N4O5S. The molecule has 0 saturated carbocycles. The first-order valence-corrected chi connectivity index (χ1v) is 11.9. The molecule has 0 aromatic heterocycles. The Balaban J connectivity index is 1.79. The fourth-order valence-electron chi connectivity index (χ4n) is 2.90. The molecule has 0 atom stereocenters. The van der Waals surface area contributed by atoms with Gasteiger partial charge in [-0.3, -0.25) is 14.9 Å². The van der Waals surface area contributed by atoms with E-state index in [1.54, 1.807) is 30.3 Å². The van der Waals surface area contributed by atoms with Gasteiger partial charge in [0.15, 0.2) is 0 Å². The zero-order chi connectivity index (χ0) is 24.7. The van der Waals surface area contributed by atoms with Gasteiger partial charge < -0.3 is 0 Å². The molecule has 9 nitrogen and oxygen atoms in total. The molecule has 0 spiro atoms. The number of non-ortho nitro benzene ring substituents is 1. The lowest BCUT2D eigenvalue weighted by atomic mass is 10.2. The van der Waals surface area contributed by atoms with E-state index in [0.29, 0.717) is 16.1 Å². The average molecular weight is 521 g/mol. The van der Waals surface area contributed by atoms with Crippen molar-refractivity contribution in [1.82, 2.24) is 9.73 Å². The number of sulfonamides is 1. The van der Waals surface area contributed by atoms with Crippen molar-refractivity contribution in [3.8, 4) is 0 Å². The van der Waals surface area contributed by atoms with Crippen molar-refractivity contribution in [2.45, 2.75) is 11.4 Å². The summed E-state index contributed by atoms with van der Waals surface area (Å²) in [6.45, 7) is -0.681. The van der Waals surface area contributed by atoms with Crippen LogP contribution in [-0.2, 0) is 21.4 Å². The van der Waals surface area contributed by atoms with E-state index in [4.69, 9.17) is 23.2 Å². The van der Waals surface area contributed by atoms with Crippen molar-refractivity contribution >= 4 is 51.0 Å². The minimum atomic E-state index is -4.04. The molecule has 176 valence electrons. The maximum Gasteiger partial charge on any atom is 0.270 e. The second kappa shape index (κ2) is 11.2. The highest BCUT2D eigenvalue weighted by Crippen LogP contribution is 2.25. The lowest BCUT2D eigenvalue weighted by molar-refractivity contribution is -0.384. The van der Waals surface area contributed by atoms with E-state index in [0.717, 1.165) is 4.31 Å². The number of benzene rings is 3. The molecular weight excluding hydrogens is 503 g/mol. The lowest BCUT2D eigenvalue weighted by Crippen LogP contribution is -2.39. The first-order chi connectivity index (χ1) is 16.2. The average Bonchev–Trinajstić information content (AvgIpc) is 2.81. The van der Waals surface area contributed by atoms with Crippen LogP contribution >= 0.6 is 23.2 Å². The molecule has 0 fully saturated rings. The molecule has 0 bridgehead atoms. The Morgan fingerprint density at radius 1 is 1.03 bits per heavy atom. The Bertz CT molecular complexity index is 1330. The third kappa shape index (κ3) is 6.61. The monoisotopic (exact) mass is 520 g/mol. The number of carbonyl (C=O) groups excluding carboxylic acids is 1. The van der Waals surface area contributed by atoms with Gasteiger partial charge in [0, 0.05) is 24.2 Å². The second-order valence-corrected chi connectivity index (χ2v) is 9.73. The molecule has 34 heavy (non-hydrogen) atoms. The van der Waals surface area contributed by atoms with Crippen molar-refractivity contribution in [3.05, 3.63) is 104 Å². The predicted molar refractivity (Wildman–Crippen MR) is 129 cm³/mol. The van der Waals surface area contributed by atoms with Gasteiger partial charge in [0.2, 0.25) is 10.0 Å². The van der Waals surface area contributed by atoms with Gasteiger partial charge in [-0.15, -0.1) is 0 Å². The molecule has 0 aliphatic rings. The van der Waals surface area contributed by atoms with E-state index < -0.39 is 27.4 Å². The largest absolute Gasteiger partial charge is 0.272 e. The normalized spacial score (nSPS) is 11.6. The maximum absolute atomic E-state index is 13.2. The number of nitrogens with zero attached hydrogens (tertiary/aromatic N) is 3. The molecule has 3 aromatic carbocycles. The summed E-state index contributed by atoms with van der Waals surface area (Å²) in [5.74, 6) is -0.707. The Kier molecular flexibility index (Phi) is 8.35. The summed E-state index contributed by atoms with van der Waals surface area (Å²) in [4.78, 5) is 22.9. The van der Waals surface area contributed by atoms with Gasteiger partial charge in [-0.25, -0.2) is 13.8 Å². The van der Waals surface area contributed by atoms with E-state index in [9.17, 15) is 23.3 Å². The molecule has 0 heterocycles. The number of nitro groups is 1. The Hall–Kier alpha value is -3.31. The number of carbonyl (C=O) groups is 1. The van der Waals surface area contributed by atoms with Crippen molar-refractivity contribution in [3.63, 3.8) is 0 Å². The van der Waals surface area contributed by atoms with E-state index in [1.807, 2.05) is 0 Å². The Morgan fingerprint density at radius 3 is 2.44 bits per heavy atom. The van der Waals surface area contributed by atoms with Crippen LogP contribution in [0.25, 0.3) is 0 Å². The summed E-state index contributed by atoms with van der Waals surface area (Å²) in [6.07, 6.45) is 1.22. The number of hydrogen-bond donors (Lipinski definition) is 1. The molecule has 0 unspecified atom stereocenters. The van der Waals surface area contributed by atoms with Crippen LogP contribution in [0.2, 0.25) is 10.0 Å². The lowest BCUT2D eigenvalue weighted by Gasteiger charge is -2.21. The van der Waals surface area contributed by atoms with Crippen LogP contribution in [0.15, 0.2) is 82.8 Å². The summed E-state index contributed by atoms with van der Waals surface area (Å²) in [7, 11) is -4.04. The van der Waals surface area contributed by atoms with E-state index in [-0.39, 0.29) is 22.2 Å². The number of hydrazone groups is 1. The fraction of sp³-hybridized carbons (Fsp3) is 0.0909. The van der Waals surface area contributed by atoms with Crippen molar-refractivity contribution < 1.29 is 18.1 Å². The molecule has 0 saturated heterocycles. The van der Waals surface area contributed by atoms with Gasteiger partial charge in [-0.05, 0) is 29.8 Å².